The van der Waals surface area contributed by atoms with Crippen molar-refractivity contribution in [3.8, 4) is 22.7 Å². The van der Waals surface area contributed by atoms with Crippen LogP contribution >= 0.6 is 0 Å². The lowest BCUT2D eigenvalue weighted by atomic mass is 10.1. The van der Waals surface area contributed by atoms with Crippen LogP contribution in [0.15, 0.2) is 66.0 Å². The molecule has 0 aliphatic heterocycles. The standard InChI is InChI=1S/C19H20N2O3S/c1-3-12-24-17-8-4-15(5-9-17)19-13-20-14-21(19)16-6-10-18(11-7-16)25(2,22)23/h4-11,13-14H,3,12H2,1-2H3. The zero-order valence-electron chi connectivity index (χ0n) is 14.2. The van der Waals surface area contributed by atoms with Gasteiger partial charge in [-0.3, -0.25) is 4.57 Å². The second kappa shape index (κ2) is 7.11. The lowest BCUT2D eigenvalue weighted by Crippen LogP contribution is -1.99. The number of hydrogen-bond donors (Lipinski definition) is 0. The Morgan fingerprint density at radius 1 is 1.04 bits per heavy atom. The van der Waals surface area contributed by atoms with E-state index < -0.39 is 9.84 Å². The summed E-state index contributed by atoms with van der Waals surface area (Å²) in [5.74, 6) is 0.842. The SMILES string of the molecule is CCCOc1ccc(-c2cncn2-c2ccc(S(C)(=O)=O)cc2)cc1. The summed E-state index contributed by atoms with van der Waals surface area (Å²) >= 11 is 0. The Morgan fingerprint density at radius 3 is 2.32 bits per heavy atom. The molecule has 0 saturated heterocycles. The number of hydrogen-bond acceptors (Lipinski definition) is 4. The van der Waals surface area contributed by atoms with E-state index in [2.05, 4.69) is 11.9 Å². The van der Waals surface area contributed by atoms with Crippen molar-refractivity contribution >= 4 is 9.84 Å². The van der Waals surface area contributed by atoms with E-state index in [0.29, 0.717) is 11.5 Å². The van der Waals surface area contributed by atoms with E-state index in [0.717, 1.165) is 29.1 Å². The van der Waals surface area contributed by atoms with Gasteiger partial charge in [0.15, 0.2) is 9.84 Å². The van der Waals surface area contributed by atoms with Crippen LogP contribution in [-0.2, 0) is 9.84 Å². The molecule has 0 bridgehead atoms. The first-order valence-electron chi connectivity index (χ1n) is 8.05. The number of benzene rings is 2. The highest BCUT2D eigenvalue weighted by molar-refractivity contribution is 7.90. The van der Waals surface area contributed by atoms with Crippen LogP contribution in [0.2, 0.25) is 0 Å². The van der Waals surface area contributed by atoms with E-state index in [9.17, 15) is 8.42 Å². The minimum absolute atomic E-state index is 0.301. The Morgan fingerprint density at radius 2 is 1.72 bits per heavy atom. The molecular formula is C19H20N2O3S. The van der Waals surface area contributed by atoms with Crippen molar-refractivity contribution in [1.29, 1.82) is 0 Å². The van der Waals surface area contributed by atoms with Gasteiger partial charge in [-0.1, -0.05) is 6.92 Å². The number of aromatic nitrogens is 2. The van der Waals surface area contributed by atoms with Crippen molar-refractivity contribution in [2.75, 3.05) is 12.9 Å². The molecule has 1 heterocycles. The zero-order chi connectivity index (χ0) is 17.9. The average Bonchev–Trinajstić information content (AvgIpc) is 3.09. The molecule has 0 spiro atoms. The van der Waals surface area contributed by atoms with Gasteiger partial charge in [-0.2, -0.15) is 0 Å². The highest BCUT2D eigenvalue weighted by Gasteiger charge is 2.10. The monoisotopic (exact) mass is 356 g/mol. The summed E-state index contributed by atoms with van der Waals surface area (Å²) in [5, 5.41) is 0. The first kappa shape index (κ1) is 17.2. The molecule has 0 saturated carbocycles. The number of rotatable bonds is 6. The number of ether oxygens (including phenoxy) is 1. The number of sulfone groups is 1. The van der Waals surface area contributed by atoms with Crippen LogP contribution in [0.25, 0.3) is 16.9 Å². The van der Waals surface area contributed by atoms with Crippen molar-refractivity contribution in [1.82, 2.24) is 9.55 Å². The number of nitrogens with zero attached hydrogens (tertiary/aromatic N) is 2. The zero-order valence-corrected chi connectivity index (χ0v) is 15.0. The highest BCUT2D eigenvalue weighted by atomic mass is 32.2. The van der Waals surface area contributed by atoms with Gasteiger partial charge in [-0.25, -0.2) is 13.4 Å². The molecule has 0 fully saturated rings. The van der Waals surface area contributed by atoms with Gasteiger partial charge in [0.05, 0.1) is 29.7 Å². The maximum Gasteiger partial charge on any atom is 0.175 e. The van der Waals surface area contributed by atoms with Crippen LogP contribution < -0.4 is 4.74 Å². The molecule has 0 atom stereocenters. The molecule has 1 aromatic heterocycles. The molecule has 130 valence electrons. The predicted octanol–water partition coefficient (Wildman–Crippen LogP) is 3.73. The summed E-state index contributed by atoms with van der Waals surface area (Å²) in [6.07, 6.45) is 5.67. The van der Waals surface area contributed by atoms with Crippen LogP contribution in [-0.4, -0.2) is 30.8 Å². The summed E-state index contributed by atoms with van der Waals surface area (Å²) in [5.41, 5.74) is 2.79. The Bertz CT molecular complexity index is 943. The number of imidazole rings is 1. The molecule has 3 rings (SSSR count). The smallest absolute Gasteiger partial charge is 0.175 e. The first-order valence-corrected chi connectivity index (χ1v) is 9.94. The summed E-state index contributed by atoms with van der Waals surface area (Å²) in [6, 6.07) is 14.6. The third-order valence-electron chi connectivity index (χ3n) is 3.80. The molecule has 0 radical (unpaired) electrons. The molecule has 5 nitrogen and oxygen atoms in total. The van der Waals surface area contributed by atoms with E-state index in [1.807, 2.05) is 28.8 Å². The van der Waals surface area contributed by atoms with Crippen molar-refractivity contribution in [2.24, 2.45) is 0 Å². The Labute approximate surface area is 147 Å². The van der Waals surface area contributed by atoms with Crippen molar-refractivity contribution in [2.45, 2.75) is 18.2 Å². The molecular weight excluding hydrogens is 336 g/mol. The lowest BCUT2D eigenvalue weighted by Gasteiger charge is -2.10. The van der Waals surface area contributed by atoms with Crippen LogP contribution in [0, 0.1) is 0 Å². The van der Waals surface area contributed by atoms with E-state index in [1.54, 1.807) is 36.8 Å². The third kappa shape index (κ3) is 3.91. The predicted molar refractivity (Wildman–Crippen MR) is 97.9 cm³/mol. The van der Waals surface area contributed by atoms with Crippen molar-refractivity contribution in [3.63, 3.8) is 0 Å². The van der Waals surface area contributed by atoms with Crippen LogP contribution in [0.5, 0.6) is 5.75 Å². The topological polar surface area (TPSA) is 61.2 Å². The summed E-state index contributed by atoms with van der Waals surface area (Å²) in [6.45, 7) is 2.77. The van der Waals surface area contributed by atoms with Gasteiger partial charge in [-0.15, -0.1) is 0 Å². The Kier molecular flexibility index (Phi) is 4.90. The van der Waals surface area contributed by atoms with Gasteiger partial charge in [0.25, 0.3) is 0 Å². The van der Waals surface area contributed by atoms with Crippen LogP contribution in [0.4, 0.5) is 0 Å². The second-order valence-corrected chi connectivity index (χ2v) is 7.80. The Hall–Kier alpha value is -2.60. The maximum absolute atomic E-state index is 11.6. The van der Waals surface area contributed by atoms with Crippen LogP contribution in [0.1, 0.15) is 13.3 Å². The fourth-order valence-corrected chi connectivity index (χ4v) is 3.14. The molecule has 3 aromatic rings. The van der Waals surface area contributed by atoms with Gasteiger partial charge in [0, 0.05) is 17.5 Å². The second-order valence-electron chi connectivity index (χ2n) is 5.79. The average molecular weight is 356 g/mol. The third-order valence-corrected chi connectivity index (χ3v) is 4.93. The van der Waals surface area contributed by atoms with Gasteiger partial charge in [0.2, 0.25) is 0 Å². The van der Waals surface area contributed by atoms with Gasteiger partial charge in [-0.05, 0) is 55.0 Å². The molecule has 0 N–H and O–H groups in total. The van der Waals surface area contributed by atoms with Gasteiger partial charge >= 0.3 is 0 Å². The first-order chi connectivity index (χ1) is 12.0. The fourth-order valence-electron chi connectivity index (χ4n) is 2.51. The molecule has 0 aliphatic carbocycles. The Balaban J connectivity index is 1.90. The highest BCUT2D eigenvalue weighted by Crippen LogP contribution is 2.25. The van der Waals surface area contributed by atoms with Gasteiger partial charge in [0.1, 0.15) is 5.75 Å². The largest absolute Gasteiger partial charge is 0.494 e. The normalized spacial score (nSPS) is 11.4. The summed E-state index contributed by atoms with van der Waals surface area (Å²) in [4.78, 5) is 4.53. The van der Waals surface area contributed by atoms with E-state index >= 15 is 0 Å². The van der Waals surface area contributed by atoms with Crippen molar-refractivity contribution in [3.05, 3.63) is 61.1 Å². The fraction of sp³-hybridized carbons (Fsp3) is 0.211. The summed E-state index contributed by atoms with van der Waals surface area (Å²) < 4.78 is 30.7. The summed E-state index contributed by atoms with van der Waals surface area (Å²) in [7, 11) is -3.20. The van der Waals surface area contributed by atoms with Crippen LogP contribution in [0.3, 0.4) is 0 Å². The molecule has 0 amide bonds. The molecule has 2 aromatic carbocycles. The van der Waals surface area contributed by atoms with E-state index in [-0.39, 0.29) is 0 Å². The minimum atomic E-state index is -3.20. The molecule has 25 heavy (non-hydrogen) atoms. The van der Waals surface area contributed by atoms with E-state index in [1.165, 1.54) is 6.26 Å². The molecule has 0 unspecified atom stereocenters. The minimum Gasteiger partial charge on any atom is -0.494 e. The van der Waals surface area contributed by atoms with Crippen molar-refractivity contribution < 1.29 is 13.2 Å². The molecule has 6 heteroatoms. The maximum atomic E-state index is 11.6. The van der Waals surface area contributed by atoms with Gasteiger partial charge < -0.3 is 4.74 Å². The molecule has 0 aliphatic rings. The quantitative estimate of drug-likeness (QED) is 0.675. The lowest BCUT2D eigenvalue weighted by molar-refractivity contribution is 0.317. The van der Waals surface area contributed by atoms with E-state index in [4.69, 9.17) is 4.74 Å².